The second-order valence-corrected chi connectivity index (χ2v) is 5.24. The standard InChI is InChI=1S/C12H25N.C2H6O/c1-10(2)9-11-7-5-4-6-8-12(11)13-3;1-2-3/h10-13H,4-9H2,1-3H3;3H,2H2,1H3. The fourth-order valence-electron chi connectivity index (χ4n) is 2.65. The van der Waals surface area contributed by atoms with E-state index in [1.807, 2.05) is 0 Å². The molecule has 0 bridgehead atoms. The number of hydrogen-bond donors (Lipinski definition) is 2. The average molecular weight is 229 g/mol. The van der Waals surface area contributed by atoms with Gasteiger partial charge < -0.3 is 10.4 Å². The van der Waals surface area contributed by atoms with Crippen molar-refractivity contribution in [3.63, 3.8) is 0 Å². The Morgan fingerprint density at radius 1 is 1.19 bits per heavy atom. The van der Waals surface area contributed by atoms with E-state index in [-0.39, 0.29) is 6.61 Å². The van der Waals surface area contributed by atoms with Gasteiger partial charge in [-0.25, -0.2) is 0 Å². The molecular weight excluding hydrogens is 198 g/mol. The highest BCUT2D eigenvalue weighted by molar-refractivity contribution is 4.78. The van der Waals surface area contributed by atoms with Crippen molar-refractivity contribution in [1.29, 1.82) is 0 Å². The first-order chi connectivity index (χ1) is 7.65. The number of hydrogen-bond acceptors (Lipinski definition) is 2. The number of aliphatic hydroxyl groups is 1. The van der Waals surface area contributed by atoms with E-state index in [4.69, 9.17) is 5.11 Å². The third kappa shape index (κ3) is 7.24. The van der Waals surface area contributed by atoms with Crippen LogP contribution >= 0.6 is 0 Å². The first-order valence-electron chi connectivity index (χ1n) is 6.93. The van der Waals surface area contributed by atoms with Gasteiger partial charge in [0.05, 0.1) is 0 Å². The van der Waals surface area contributed by atoms with Crippen molar-refractivity contribution in [2.45, 2.75) is 65.3 Å². The second kappa shape index (κ2) is 10.1. The molecule has 98 valence electrons. The van der Waals surface area contributed by atoms with Crippen LogP contribution in [0, 0.1) is 11.8 Å². The molecule has 16 heavy (non-hydrogen) atoms. The molecule has 2 nitrogen and oxygen atoms in total. The molecule has 0 saturated heterocycles. The summed E-state index contributed by atoms with van der Waals surface area (Å²) in [5.74, 6) is 1.80. The summed E-state index contributed by atoms with van der Waals surface area (Å²) >= 11 is 0. The summed E-state index contributed by atoms with van der Waals surface area (Å²) in [6, 6.07) is 0.796. The summed E-state index contributed by atoms with van der Waals surface area (Å²) in [7, 11) is 2.13. The maximum absolute atomic E-state index is 7.57. The molecule has 1 aliphatic carbocycles. The fraction of sp³-hybridized carbons (Fsp3) is 1.00. The van der Waals surface area contributed by atoms with Gasteiger partial charge in [0.15, 0.2) is 0 Å². The van der Waals surface area contributed by atoms with Crippen molar-refractivity contribution in [2.24, 2.45) is 11.8 Å². The lowest BCUT2D eigenvalue weighted by atomic mass is 9.87. The highest BCUT2D eigenvalue weighted by atomic mass is 16.2. The van der Waals surface area contributed by atoms with Gasteiger partial charge in [0.2, 0.25) is 0 Å². The van der Waals surface area contributed by atoms with Crippen molar-refractivity contribution in [3.05, 3.63) is 0 Å². The summed E-state index contributed by atoms with van der Waals surface area (Å²) < 4.78 is 0. The van der Waals surface area contributed by atoms with Crippen molar-refractivity contribution < 1.29 is 5.11 Å². The zero-order valence-electron chi connectivity index (χ0n) is 11.6. The Morgan fingerprint density at radius 2 is 1.75 bits per heavy atom. The van der Waals surface area contributed by atoms with Gasteiger partial charge in [-0.15, -0.1) is 0 Å². The van der Waals surface area contributed by atoms with Crippen LogP contribution in [0.15, 0.2) is 0 Å². The molecule has 2 unspecified atom stereocenters. The van der Waals surface area contributed by atoms with Crippen molar-refractivity contribution in [1.82, 2.24) is 5.32 Å². The van der Waals surface area contributed by atoms with Crippen LogP contribution in [0.1, 0.15) is 59.3 Å². The summed E-state index contributed by atoms with van der Waals surface area (Å²) in [6.07, 6.45) is 8.59. The van der Waals surface area contributed by atoms with E-state index < -0.39 is 0 Å². The third-order valence-electron chi connectivity index (χ3n) is 3.30. The lowest BCUT2D eigenvalue weighted by molar-refractivity contribution is 0.298. The molecule has 2 atom stereocenters. The summed E-state index contributed by atoms with van der Waals surface area (Å²) in [4.78, 5) is 0. The molecule has 1 saturated carbocycles. The molecular formula is C14H31NO. The van der Waals surface area contributed by atoms with Gasteiger partial charge in [-0.1, -0.05) is 33.1 Å². The first kappa shape index (κ1) is 15.9. The van der Waals surface area contributed by atoms with Crippen molar-refractivity contribution in [2.75, 3.05) is 13.7 Å². The normalized spacial score (nSPS) is 25.9. The molecule has 2 N–H and O–H groups in total. The minimum Gasteiger partial charge on any atom is -0.397 e. The van der Waals surface area contributed by atoms with E-state index in [0.717, 1.165) is 17.9 Å². The lowest BCUT2D eigenvalue weighted by Crippen LogP contribution is -2.33. The number of nitrogens with one attached hydrogen (secondary N) is 1. The Kier molecular flexibility index (Phi) is 10.0. The lowest BCUT2D eigenvalue weighted by Gasteiger charge is -2.26. The van der Waals surface area contributed by atoms with E-state index >= 15 is 0 Å². The van der Waals surface area contributed by atoms with Crippen molar-refractivity contribution in [3.8, 4) is 0 Å². The molecule has 0 amide bonds. The molecule has 1 aliphatic rings. The predicted molar refractivity (Wildman–Crippen MR) is 71.6 cm³/mol. The van der Waals surface area contributed by atoms with E-state index in [0.29, 0.717) is 0 Å². The summed E-state index contributed by atoms with van der Waals surface area (Å²) in [5.41, 5.74) is 0. The van der Waals surface area contributed by atoms with Gasteiger partial charge in [0.25, 0.3) is 0 Å². The van der Waals surface area contributed by atoms with Gasteiger partial charge in [-0.3, -0.25) is 0 Å². The molecule has 2 heteroatoms. The van der Waals surface area contributed by atoms with E-state index in [9.17, 15) is 0 Å². The Morgan fingerprint density at radius 3 is 2.25 bits per heavy atom. The quantitative estimate of drug-likeness (QED) is 0.728. The van der Waals surface area contributed by atoms with Gasteiger partial charge in [-0.05, 0) is 45.1 Å². The monoisotopic (exact) mass is 229 g/mol. The van der Waals surface area contributed by atoms with E-state index in [1.54, 1.807) is 6.92 Å². The van der Waals surface area contributed by atoms with E-state index in [2.05, 4.69) is 26.2 Å². The SMILES string of the molecule is CCO.CNC1CCCCCC1CC(C)C. The van der Waals surface area contributed by atoms with Crippen molar-refractivity contribution >= 4 is 0 Å². The molecule has 0 aromatic heterocycles. The molecule has 1 rings (SSSR count). The zero-order chi connectivity index (χ0) is 12.4. The summed E-state index contributed by atoms with van der Waals surface area (Å²) in [6.45, 7) is 6.62. The predicted octanol–water partition coefficient (Wildman–Crippen LogP) is 3.20. The molecule has 0 aromatic carbocycles. The Bertz CT molecular complexity index is 148. The molecule has 1 fully saturated rings. The molecule has 0 aromatic rings. The number of rotatable bonds is 3. The first-order valence-corrected chi connectivity index (χ1v) is 6.93. The van der Waals surface area contributed by atoms with E-state index in [1.165, 1.54) is 38.5 Å². The fourth-order valence-corrected chi connectivity index (χ4v) is 2.65. The zero-order valence-corrected chi connectivity index (χ0v) is 11.6. The maximum Gasteiger partial charge on any atom is 0.0402 e. The molecule has 0 radical (unpaired) electrons. The Balaban J connectivity index is 0.000000673. The number of aliphatic hydroxyl groups excluding tert-OH is 1. The van der Waals surface area contributed by atoms with Gasteiger partial charge >= 0.3 is 0 Å². The largest absolute Gasteiger partial charge is 0.397 e. The minimum absolute atomic E-state index is 0.250. The third-order valence-corrected chi connectivity index (χ3v) is 3.30. The molecule has 0 heterocycles. The van der Waals surface area contributed by atoms with Crippen LogP contribution in [0.4, 0.5) is 0 Å². The second-order valence-electron chi connectivity index (χ2n) is 5.24. The minimum atomic E-state index is 0.250. The summed E-state index contributed by atoms with van der Waals surface area (Å²) in [5, 5.41) is 11.1. The van der Waals surface area contributed by atoms with Crippen LogP contribution in [0.25, 0.3) is 0 Å². The van der Waals surface area contributed by atoms with Crippen LogP contribution in [-0.2, 0) is 0 Å². The van der Waals surface area contributed by atoms with Crippen LogP contribution in [0.5, 0.6) is 0 Å². The maximum atomic E-state index is 7.57. The Hall–Kier alpha value is -0.0800. The van der Waals surface area contributed by atoms with Gasteiger partial charge in [0.1, 0.15) is 0 Å². The smallest absolute Gasteiger partial charge is 0.0402 e. The van der Waals surface area contributed by atoms with Crippen LogP contribution in [-0.4, -0.2) is 24.8 Å². The van der Waals surface area contributed by atoms with Gasteiger partial charge in [0, 0.05) is 12.6 Å². The molecule has 0 aliphatic heterocycles. The Labute approximate surface area is 102 Å². The topological polar surface area (TPSA) is 32.3 Å². The molecule has 0 spiro atoms. The highest BCUT2D eigenvalue weighted by Crippen LogP contribution is 2.28. The van der Waals surface area contributed by atoms with Crippen LogP contribution in [0.2, 0.25) is 0 Å². The van der Waals surface area contributed by atoms with Crippen LogP contribution in [0.3, 0.4) is 0 Å². The highest BCUT2D eigenvalue weighted by Gasteiger charge is 2.22. The van der Waals surface area contributed by atoms with Crippen LogP contribution < -0.4 is 5.32 Å². The van der Waals surface area contributed by atoms with Gasteiger partial charge in [-0.2, -0.15) is 0 Å². The average Bonchev–Trinajstić information content (AvgIpc) is 2.43.